The summed E-state index contributed by atoms with van der Waals surface area (Å²) in [5.41, 5.74) is 0.0137. The number of alkyl halides is 3. The van der Waals surface area contributed by atoms with E-state index < -0.39 is 28.8 Å². The van der Waals surface area contributed by atoms with E-state index in [0.717, 1.165) is 29.6 Å². The van der Waals surface area contributed by atoms with Crippen molar-refractivity contribution >= 4 is 39.8 Å². The van der Waals surface area contributed by atoms with Gasteiger partial charge in [0.1, 0.15) is 5.01 Å². The zero-order chi connectivity index (χ0) is 24.7. The predicted molar refractivity (Wildman–Crippen MR) is 126 cm³/mol. The topological polar surface area (TPSA) is 88.2 Å². The van der Waals surface area contributed by atoms with E-state index in [0.29, 0.717) is 12.0 Å². The first kappa shape index (κ1) is 25.6. The maximum Gasteiger partial charge on any atom is 0.434 e. The summed E-state index contributed by atoms with van der Waals surface area (Å²) in [6, 6.07) is 12.4. The van der Waals surface area contributed by atoms with Gasteiger partial charge in [0.15, 0.2) is 16.7 Å². The van der Waals surface area contributed by atoms with E-state index in [1.807, 2.05) is 6.92 Å². The van der Waals surface area contributed by atoms with E-state index in [1.165, 1.54) is 24.3 Å². The number of halogens is 3. The Balaban J connectivity index is 1.68. The summed E-state index contributed by atoms with van der Waals surface area (Å²) in [5, 5.41) is 3.80. The summed E-state index contributed by atoms with van der Waals surface area (Å²) >= 11 is 0.862. The molecule has 2 aromatic carbocycles. The van der Waals surface area contributed by atoms with E-state index in [-0.39, 0.29) is 33.5 Å². The zero-order valence-electron chi connectivity index (χ0n) is 18.1. The smallest absolute Gasteiger partial charge is 0.321 e. The molecule has 0 fully saturated rings. The molecule has 1 unspecified atom stereocenters. The number of aromatic nitrogens is 1. The lowest BCUT2D eigenvalue weighted by Gasteiger charge is -2.12. The standard InChI is InChI=1S/C23H22F3N3O3S2/c1-2-3-4-9-20(30)29-34(32)18-8-6-5-7-17(18)27-21(31)15-10-12-16(13-11-15)22-28-19(14-33-22)23(24,25)26/h5-8,10-14H,2-4,9H2,1H3,(H,27,31)(H,29,30). The van der Waals surface area contributed by atoms with Crippen LogP contribution in [0.25, 0.3) is 10.6 Å². The Morgan fingerprint density at radius 2 is 1.76 bits per heavy atom. The van der Waals surface area contributed by atoms with Crippen molar-refractivity contribution < 1.29 is 27.0 Å². The molecule has 34 heavy (non-hydrogen) atoms. The van der Waals surface area contributed by atoms with Gasteiger partial charge in [-0.3, -0.25) is 14.3 Å². The first-order valence-corrected chi connectivity index (χ1v) is 12.5. The van der Waals surface area contributed by atoms with Gasteiger partial charge in [0.25, 0.3) is 5.91 Å². The third-order valence-electron chi connectivity index (χ3n) is 4.74. The monoisotopic (exact) mass is 509 g/mol. The summed E-state index contributed by atoms with van der Waals surface area (Å²) in [4.78, 5) is 28.6. The van der Waals surface area contributed by atoms with Crippen LogP contribution in [0.2, 0.25) is 0 Å². The first-order valence-electron chi connectivity index (χ1n) is 10.4. The molecule has 0 aliphatic rings. The van der Waals surface area contributed by atoms with Gasteiger partial charge in [-0.2, -0.15) is 13.2 Å². The van der Waals surface area contributed by atoms with Crippen LogP contribution in [0, 0.1) is 0 Å². The quantitative estimate of drug-likeness (QED) is 0.357. The van der Waals surface area contributed by atoms with Crippen molar-refractivity contribution in [2.24, 2.45) is 0 Å². The van der Waals surface area contributed by atoms with Gasteiger partial charge in [0, 0.05) is 22.9 Å². The number of thiazole rings is 1. The third-order valence-corrected chi connectivity index (χ3v) is 6.80. The van der Waals surface area contributed by atoms with Crippen molar-refractivity contribution in [1.82, 2.24) is 9.71 Å². The molecule has 3 aromatic rings. The molecule has 2 N–H and O–H groups in total. The number of amides is 2. The fourth-order valence-electron chi connectivity index (χ4n) is 2.97. The van der Waals surface area contributed by atoms with E-state index in [4.69, 9.17) is 0 Å². The largest absolute Gasteiger partial charge is 0.434 e. The van der Waals surface area contributed by atoms with E-state index in [2.05, 4.69) is 15.0 Å². The fourth-order valence-corrected chi connectivity index (χ4v) is 4.74. The Bertz CT molecular complexity index is 1180. The van der Waals surface area contributed by atoms with Gasteiger partial charge in [-0.25, -0.2) is 9.19 Å². The summed E-state index contributed by atoms with van der Waals surface area (Å²) in [7, 11) is -1.85. The third kappa shape index (κ3) is 6.73. The number of carbonyl (C=O) groups is 2. The fraction of sp³-hybridized carbons (Fsp3) is 0.261. The summed E-state index contributed by atoms with van der Waals surface area (Å²) in [6.07, 6.45) is -1.68. The highest BCUT2D eigenvalue weighted by atomic mass is 32.2. The van der Waals surface area contributed by atoms with Gasteiger partial charge < -0.3 is 5.32 Å². The summed E-state index contributed by atoms with van der Waals surface area (Å²) in [6.45, 7) is 2.02. The van der Waals surface area contributed by atoms with Crippen LogP contribution in [0.3, 0.4) is 0 Å². The van der Waals surface area contributed by atoms with Gasteiger partial charge in [-0.1, -0.05) is 44.0 Å². The molecular weight excluding hydrogens is 487 g/mol. The zero-order valence-corrected chi connectivity index (χ0v) is 19.8. The minimum absolute atomic E-state index is 0.190. The molecule has 0 radical (unpaired) electrons. The molecule has 0 saturated heterocycles. The van der Waals surface area contributed by atoms with Crippen molar-refractivity contribution in [3.63, 3.8) is 0 Å². The van der Waals surface area contributed by atoms with Crippen LogP contribution >= 0.6 is 11.3 Å². The van der Waals surface area contributed by atoms with Gasteiger partial charge in [-0.05, 0) is 30.7 Å². The van der Waals surface area contributed by atoms with E-state index in [9.17, 15) is 27.0 Å². The van der Waals surface area contributed by atoms with Gasteiger partial charge in [0.2, 0.25) is 5.91 Å². The second kappa shape index (κ2) is 11.4. The van der Waals surface area contributed by atoms with Crippen molar-refractivity contribution in [2.75, 3.05) is 5.32 Å². The molecular formula is C23H22F3N3O3S2. The normalized spacial score (nSPS) is 12.2. The second-order valence-electron chi connectivity index (χ2n) is 7.31. The molecule has 3 rings (SSSR count). The van der Waals surface area contributed by atoms with Crippen LogP contribution in [-0.2, 0) is 22.0 Å². The lowest BCUT2D eigenvalue weighted by Crippen LogP contribution is -2.26. The molecule has 1 heterocycles. The number of nitrogens with zero attached hydrogens (tertiary/aromatic N) is 1. The van der Waals surface area contributed by atoms with Crippen LogP contribution in [0.1, 0.15) is 48.7 Å². The van der Waals surface area contributed by atoms with Crippen molar-refractivity contribution in [1.29, 1.82) is 0 Å². The summed E-state index contributed by atoms with van der Waals surface area (Å²) < 4.78 is 53.4. The number of hydrogen-bond acceptors (Lipinski definition) is 5. The van der Waals surface area contributed by atoms with Crippen LogP contribution in [0.5, 0.6) is 0 Å². The summed E-state index contributed by atoms with van der Waals surface area (Å²) in [5.74, 6) is -0.834. The SMILES string of the molecule is CCCCCC(=O)NS(=O)c1ccccc1NC(=O)c1ccc(-c2nc(C(F)(F)F)cs2)cc1. The lowest BCUT2D eigenvalue weighted by atomic mass is 10.1. The Kier molecular flexibility index (Phi) is 8.56. The van der Waals surface area contributed by atoms with Crippen molar-refractivity contribution in [3.05, 3.63) is 65.2 Å². The maximum atomic E-state index is 12.8. The van der Waals surface area contributed by atoms with Crippen LogP contribution in [0.15, 0.2) is 58.8 Å². The molecule has 0 saturated carbocycles. The van der Waals surface area contributed by atoms with Gasteiger partial charge in [-0.15, -0.1) is 11.3 Å². The van der Waals surface area contributed by atoms with Crippen LogP contribution in [-0.4, -0.2) is 21.0 Å². The number of carbonyl (C=O) groups excluding carboxylic acids is 2. The van der Waals surface area contributed by atoms with Crippen molar-refractivity contribution in [3.8, 4) is 10.6 Å². The Labute approximate surface area is 201 Å². The number of hydrogen-bond donors (Lipinski definition) is 2. The minimum Gasteiger partial charge on any atom is -0.321 e. The number of benzene rings is 2. The average Bonchev–Trinajstić information content (AvgIpc) is 3.31. The highest BCUT2D eigenvalue weighted by Crippen LogP contribution is 2.33. The molecule has 6 nitrogen and oxygen atoms in total. The maximum absolute atomic E-state index is 12.8. The molecule has 2 amide bonds. The van der Waals surface area contributed by atoms with E-state index >= 15 is 0 Å². The highest BCUT2D eigenvalue weighted by molar-refractivity contribution is 7.83. The molecule has 180 valence electrons. The Hall–Kier alpha value is -3.05. The van der Waals surface area contributed by atoms with Crippen molar-refractivity contribution in [2.45, 2.75) is 43.7 Å². The van der Waals surface area contributed by atoms with Crippen LogP contribution in [0.4, 0.5) is 18.9 Å². The van der Waals surface area contributed by atoms with E-state index in [1.54, 1.807) is 24.3 Å². The molecule has 0 bridgehead atoms. The average molecular weight is 510 g/mol. The Morgan fingerprint density at radius 3 is 2.41 bits per heavy atom. The molecule has 0 spiro atoms. The van der Waals surface area contributed by atoms with Gasteiger partial charge >= 0.3 is 6.18 Å². The lowest BCUT2D eigenvalue weighted by molar-refractivity contribution is -0.140. The molecule has 1 aromatic heterocycles. The number of anilines is 1. The Morgan fingerprint density at radius 1 is 1.06 bits per heavy atom. The molecule has 0 aliphatic carbocycles. The molecule has 0 aliphatic heterocycles. The predicted octanol–water partition coefficient (Wildman–Crippen LogP) is 5.80. The molecule has 11 heteroatoms. The molecule has 1 atom stereocenters. The number of rotatable bonds is 9. The first-order chi connectivity index (χ1) is 16.2. The second-order valence-corrected chi connectivity index (χ2v) is 9.35. The highest BCUT2D eigenvalue weighted by Gasteiger charge is 2.33. The number of para-hydroxylation sites is 1. The number of nitrogens with one attached hydrogen (secondary N) is 2. The van der Waals surface area contributed by atoms with Gasteiger partial charge in [0.05, 0.1) is 10.6 Å². The number of unbranched alkanes of at least 4 members (excludes halogenated alkanes) is 2. The minimum atomic E-state index is -4.52. The van der Waals surface area contributed by atoms with Crippen LogP contribution < -0.4 is 10.0 Å².